The number of cyclic esters (lactones) is 1. The maximum absolute atomic E-state index is 14.5. The highest BCUT2D eigenvalue weighted by Gasteiger charge is 2.73. The Hall–Kier alpha value is -3.21. The van der Waals surface area contributed by atoms with Gasteiger partial charge in [-0.3, -0.25) is 19.2 Å². The highest BCUT2D eigenvalue weighted by Crippen LogP contribution is 2.55. The van der Waals surface area contributed by atoms with Gasteiger partial charge in [0.2, 0.25) is 11.8 Å². The van der Waals surface area contributed by atoms with E-state index in [9.17, 15) is 24.3 Å². The maximum Gasteiger partial charge on any atom is 0.313 e. The number of anilines is 1. The number of fused-ring (bicyclic) bond motifs is 2. The molecule has 0 unspecified atom stereocenters. The van der Waals surface area contributed by atoms with Crippen LogP contribution in [-0.4, -0.2) is 83.8 Å². The fraction of sp³-hybridized carbons (Fsp3) is 0.500. The largest absolute Gasteiger partial charge is 0.460 e. The van der Waals surface area contributed by atoms with Gasteiger partial charge in [0.25, 0.3) is 5.91 Å². The molecular weight excluding hydrogens is 526 g/mol. The number of halogens is 1. The molecule has 1 spiro atoms. The predicted molar refractivity (Wildman–Crippen MR) is 142 cm³/mol. The van der Waals surface area contributed by atoms with Gasteiger partial charge in [0, 0.05) is 19.5 Å². The zero-order valence-corrected chi connectivity index (χ0v) is 22.6. The normalized spacial score (nSPS) is 33.8. The van der Waals surface area contributed by atoms with Crippen LogP contribution in [0.15, 0.2) is 42.5 Å². The summed E-state index contributed by atoms with van der Waals surface area (Å²) in [6, 6.07) is 4.17. The third-order valence-electron chi connectivity index (χ3n) is 7.84. The van der Waals surface area contributed by atoms with E-state index in [1.54, 1.807) is 37.3 Å². The number of aliphatic hydroxyl groups is 1. The van der Waals surface area contributed by atoms with Crippen LogP contribution in [0.4, 0.5) is 5.69 Å². The molecular formula is C28H32ClN3O7. The summed E-state index contributed by atoms with van der Waals surface area (Å²) in [7, 11) is 0. The molecule has 4 heterocycles. The number of ether oxygens (including phenoxy) is 2. The van der Waals surface area contributed by atoms with Crippen LogP contribution in [0.2, 0.25) is 5.02 Å². The molecule has 39 heavy (non-hydrogen) atoms. The predicted octanol–water partition coefficient (Wildman–Crippen LogP) is 1.52. The molecule has 5 rings (SSSR count). The monoisotopic (exact) mass is 557 g/mol. The minimum Gasteiger partial charge on any atom is -0.460 e. The number of nitrogens with one attached hydrogen (secondary N) is 1. The average Bonchev–Trinajstić information content (AvgIpc) is 3.53. The lowest BCUT2D eigenvalue weighted by atomic mass is 9.74. The Labute approximate surface area is 231 Å². The van der Waals surface area contributed by atoms with Gasteiger partial charge in [-0.15, -0.1) is 0 Å². The third kappa shape index (κ3) is 4.64. The summed E-state index contributed by atoms with van der Waals surface area (Å²) in [5, 5.41) is 13.0. The summed E-state index contributed by atoms with van der Waals surface area (Å²) in [5.41, 5.74) is -0.161. The van der Waals surface area contributed by atoms with Gasteiger partial charge >= 0.3 is 5.97 Å². The van der Waals surface area contributed by atoms with Gasteiger partial charge in [-0.2, -0.15) is 0 Å². The summed E-state index contributed by atoms with van der Waals surface area (Å²) >= 11 is 6.60. The SMILES string of the molecule is Cc1cccc(Cl)c1N1C/C=C\CCC(=O)NC[C@@H](C)OC(=O)[C@@H]2[C@@H]3C=C[C@]4(O3)[C@H](C1=O)N(CCO)C(=O)[C@@H]24. The molecule has 2 saturated heterocycles. The second kappa shape index (κ2) is 10.7. The lowest BCUT2D eigenvalue weighted by molar-refractivity contribution is -0.158. The van der Waals surface area contributed by atoms with Crippen molar-refractivity contribution in [1.82, 2.24) is 10.2 Å². The number of nitrogens with zero attached hydrogens (tertiary/aromatic N) is 2. The highest BCUT2D eigenvalue weighted by molar-refractivity contribution is 6.34. The van der Waals surface area contributed by atoms with E-state index in [0.29, 0.717) is 17.1 Å². The summed E-state index contributed by atoms with van der Waals surface area (Å²) in [5.74, 6) is -3.69. The number of hydrogen-bond acceptors (Lipinski definition) is 7. The second-order valence-electron chi connectivity index (χ2n) is 10.4. The number of amides is 3. The number of carbonyl (C=O) groups is 4. The van der Waals surface area contributed by atoms with Crippen molar-refractivity contribution in [3.8, 4) is 0 Å². The summed E-state index contributed by atoms with van der Waals surface area (Å²) in [6.07, 6.45) is 6.29. The lowest BCUT2D eigenvalue weighted by Gasteiger charge is -2.36. The number of hydrogen-bond donors (Lipinski definition) is 2. The van der Waals surface area contributed by atoms with Gasteiger partial charge in [-0.1, -0.05) is 48.0 Å². The van der Waals surface area contributed by atoms with Crippen LogP contribution in [0.3, 0.4) is 0 Å². The van der Waals surface area contributed by atoms with Gasteiger partial charge in [-0.05, 0) is 31.9 Å². The molecule has 5 bridgehead atoms. The van der Waals surface area contributed by atoms with E-state index in [1.807, 2.05) is 19.1 Å². The van der Waals surface area contributed by atoms with Crippen molar-refractivity contribution in [2.75, 3.05) is 31.1 Å². The number of likely N-dealkylation sites (tertiary alicyclic amines) is 1. The van der Waals surface area contributed by atoms with E-state index in [0.717, 1.165) is 5.56 Å². The number of benzene rings is 1. The number of para-hydroxylation sites is 1. The van der Waals surface area contributed by atoms with E-state index in [2.05, 4.69) is 5.32 Å². The molecule has 11 heteroatoms. The zero-order valence-electron chi connectivity index (χ0n) is 21.8. The molecule has 208 valence electrons. The number of aliphatic hydroxyl groups excluding tert-OH is 1. The molecule has 0 aromatic heterocycles. The van der Waals surface area contributed by atoms with Crippen LogP contribution < -0.4 is 10.2 Å². The number of esters is 1. The smallest absolute Gasteiger partial charge is 0.313 e. The van der Waals surface area contributed by atoms with Gasteiger partial charge in [0.05, 0.1) is 35.9 Å². The molecule has 1 aromatic carbocycles. The molecule has 6 atom stereocenters. The Morgan fingerprint density at radius 1 is 1.18 bits per heavy atom. The van der Waals surface area contributed by atoms with Crippen LogP contribution >= 0.6 is 11.6 Å². The molecule has 2 fully saturated rings. The van der Waals surface area contributed by atoms with Crippen molar-refractivity contribution >= 4 is 41.0 Å². The molecule has 3 amide bonds. The Morgan fingerprint density at radius 2 is 1.97 bits per heavy atom. The summed E-state index contributed by atoms with van der Waals surface area (Å²) < 4.78 is 11.9. The maximum atomic E-state index is 14.5. The van der Waals surface area contributed by atoms with Crippen molar-refractivity contribution in [3.05, 3.63) is 53.1 Å². The molecule has 2 N–H and O–H groups in total. The zero-order chi connectivity index (χ0) is 27.9. The van der Waals surface area contributed by atoms with Crippen molar-refractivity contribution < 1.29 is 33.8 Å². The quantitative estimate of drug-likeness (QED) is 0.426. The molecule has 4 aliphatic heterocycles. The van der Waals surface area contributed by atoms with Crippen LogP contribution in [0.5, 0.6) is 0 Å². The van der Waals surface area contributed by atoms with Gasteiger partial charge in [0.15, 0.2) is 0 Å². The fourth-order valence-corrected chi connectivity index (χ4v) is 6.47. The van der Waals surface area contributed by atoms with Gasteiger partial charge < -0.3 is 29.7 Å². The van der Waals surface area contributed by atoms with Crippen molar-refractivity contribution in [2.45, 2.75) is 50.5 Å². The summed E-state index contributed by atoms with van der Waals surface area (Å²) in [4.78, 5) is 56.8. The van der Waals surface area contributed by atoms with Crippen LogP contribution in [0.25, 0.3) is 0 Å². The Morgan fingerprint density at radius 3 is 2.72 bits per heavy atom. The van der Waals surface area contributed by atoms with E-state index in [1.165, 1.54) is 9.80 Å². The molecule has 0 saturated carbocycles. The first kappa shape index (κ1) is 27.4. The standard InChI is InChI=1S/C28H32ClN3O7/c1-16-7-6-8-18(29)23(16)31-12-5-3-4-9-20(34)30-15-17(2)38-27(37)21-19-10-11-28(39-19)22(21)25(35)32(13-14-33)24(28)26(31)36/h3,5-8,10-11,17,19,21-22,24,33H,4,9,12-15H2,1-2H3,(H,30,34)/b5-3-/t17-,19+,21-,22-,24+,28-/m1/s1. The first-order valence-corrected chi connectivity index (χ1v) is 13.5. The van der Waals surface area contributed by atoms with E-state index in [-0.39, 0.29) is 38.6 Å². The fourth-order valence-electron chi connectivity index (χ4n) is 6.15. The van der Waals surface area contributed by atoms with Crippen LogP contribution in [-0.2, 0) is 28.7 Å². The molecule has 0 radical (unpaired) electrons. The number of allylic oxidation sites excluding steroid dienone is 1. The lowest BCUT2D eigenvalue weighted by Crippen LogP contribution is -2.56. The molecule has 1 aromatic rings. The minimum atomic E-state index is -1.40. The molecule has 10 nitrogen and oxygen atoms in total. The molecule has 0 aliphatic carbocycles. The van der Waals surface area contributed by atoms with Crippen molar-refractivity contribution in [1.29, 1.82) is 0 Å². The summed E-state index contributed by atoms with van der Waals surface area (Å²) in [6.45, 7) is 3.27. The second-order valence-corrected chi connectivity index (χ2v) is 10.8. The highest BCUT2D eigenvalue weighted by atomic mass is 35.5. The van der Waals surface area contributed by atoms with E-state index >= 15 is 0 Å². The Balaban J connectivity index is 1.62. The number of β-amino-alcohol motifs (C(OH)–C–C–N with tert-alkyl or cyclic N) is 1. The van der Waals surface area contributed by atoms with E-state index in [4.69, 9.17) is 21.1 Å². The van der Waals surface area contributed by atoms with Gasteiger partial charge in [0.1, 0.15) is 23.7 Å². The van der Waals surface area contributed by atoms with Crippen LogP contribution in [0, 0.1) is 18.8 Å². The number of rotatable bonds is 3. The van der Waals surface area contributed by atoms with Crippen molar-refractivity contribution in [3.63, 3.8) is 0 Å². The first-order chi connectivity index (χ1) is 18.7. The van der Waals surface area contributed by atoms with Gasteiger partial charge in [-0.25, -0.2) is 0 Å². The number of aryl methyl sites for hydroxylation is 1. The Bertz CT molecular complexity index is 1230. The molecule has 4 aliphatic rings. The average molecular weight is 558 g/mol. The topological polar surface area (TPSA) is 125 Å². The minimum absolute atomic E-state index is 0.106. The first-order valence-electron chi connectivity index (χ1n) is 13.2. The van der Waals surface area contributed by atoms with E-state index < -0.39 is 53.5 Å². The van der Waals surface area contributed by atoms with Crippen LogP contribution in [0.1, 0.15) is 25.3 Å². The van der Waals surface area contributed by atoms with Crippen molar-refractivity contribution in [2.24, 2.45) is 11.8 Å². The Kier molecular flexibility index (Phi) is 7.54. The third-order valence-corrected chi connectivity index (χ3v) is 8.15. The number of carbonyl (C=O) groups excluding carboxylic acids is 4.